The molecule has 1 rings (SSSR count). The molecule has 0 radical (unpaired) electrons. The van der Waals surface area contributed by atoms with Gasteiger partial charge in [0.05, 0.1) is 6.10 Å². The van der Waals surface area contributed by atoms with E-state index in [4.69, 9.17) is 5.73 Å². The van der Waals surface area contributed by atoms with Crippen molar-refractivity contribution < 1.29 is 5.11 Å². The summed E-state index contributed by atoms with van der Waals surface area (Å²) >= 11 is 0. The van der Waals surface area contributed by atoms with E-state index in [-0.39, 0.29) is 5.41 Å². The summed E-state index contributed by atoms with van der Waals surface area (Å²) < 4.78 is 0. The molecule has 1 aromatic carbocycles. The molecule has 16 heavy (non-hydrogen) atoms. The average Bonchev–Trinajstić information content (AvgIpc) is 2.19. The molecule has 3 N–H and O–H groups in total. The monoisotopic (exact) mass is 221 g/mol. The van der Waals surface area contributed by atoms with Crippen LogP contribution in [0.1, 0.15) is 37.5 Å². The van der Waals surface area contributed by atoms with Crippen molar-refractivity contribution in [3.8, 4) is 0 Å². The Morgan fingerprint density at radius 2 is 1.94 bits per heavy atom. The van der Waals surface area contributed by atoms with Crippen molar-refractivity contribution in [3.05, 3.63) is 34.9 Å². The minimum absolute atomic E-state index is 0.176. The number of aliphatic hydroxyl groups is 1. The highest BCUT2D eigenvalue weighted by atomic mass is 16.3. The van der Waals surface area contributed by atoms with E-state index >= 15 is 0 Å². The molecule has 2 nitrogen and oxygen atoms in total. The summed E-state index contributed by atoms with van der Waals surface area (Å²) in [6.45, 7) is 9.02. The summed E-state index contributed by atoms with van der Waals surface area (Å²) in [7, 11) is 0. The summed E-state index contributed by atoms with van der Waals surface area (Å²) in [5.41, 5.74) is 9.35. The second-order valence-corrected chi connectivity index (χ2v) is 5.48. The largest absolute Gasteiger partial charge is 0.391 e. The zero-order valence-corrected chi connectivity index (χ0v) is 10.7. The van der Waals surface area contributed by atoms with Crippen LogP contribution in [0, 0.1) is 6.92 Å². The van der Waals surface area contributed by atoms with Crippen LogP contribution in [0.15, 0.2) is 18.2 Å². The maximum Gasteiger partial charge on any atom is 0.0702 e. The first-order valence-corrected chi connectivity index (χ1v) is 5.82. The van der Waals surface area contributed by atoms with Crippen LogP contribution in [0.25, 0.3) is 0 Å². The van der Waals surface area contributed by atoms with Crippen molar-refractivity contribution in [1.82, 2.24) is 0 Å². The summed E-state index contributed by atoms with van der Waals surface area (Å²) in [6, 6.07) is 6.46. The molecule has 0 bridgehead atoms. The summed E-state index contributed by atoms with van der Waals surface area (Å²) in [4.78, 5) is 0. The Kier molecular flexibility index (Phi) is 4.11. The summed E-state index contributed by atoms with van der Waals surface area (Å²) in [6.07, 6.45) is 0.214. The Balaban J connectivity index is 2.92. The molecule has 0 saturated heterocycles. The molecular formula is C14H23NO. The normalized spacial score (nSPS) is 13.9. The fraction of sp³-hybridized carbons (Fsp3) is 0.571. The maximum absolute atomic E-state index is 9.54. The van der Waals surface area contributed by atoms with E-state index in [0.717, 1.165) is 0 Å². The second-order valence-electron chi connectivity index (χ2n) is 5.48. The molecule has 0 aliphatic heterocycles. The molecule has 0 spiro atoms. The third-order valence-corrected chi connectivity index (χ3v) is 2.94. The first kappa shape index (κ1) is 13.2. The third kappa shape index (κ3) is 3.32. The predicted molar refractivity (Wildman–Crippen MR) is 68.6 cm³/mol. The molecule has 90 valence electrons. The number of hydrogen-bond donors (Lipinski definition) is 2. The highest BCUT2D eigenvalue weighted by Gasteiger charge is 2.15. The topological polar surface area (TPSA) is 46.2 Å². The van der Waals surface area contributed by atoms with Gasteiger partial charge in [-0.25, -0.2) is 0 Å². The Labute approximate surface area is 98.5 Å². The van der Waals surface area contributed by atoms with Crippen LogP contribution in [0.4, 0.5) is 0 Å². The van der Waals surface area contributed by atoms with Gasteiger partial charge in [-0.2, -0.15) is 0 Å². The number of aliphatic hydroxyl groups excluding tert-OH is 1. The van der Waals surface area contributed by atoms with E-state index in [1.807, 2.05) is 0 Å². The second kappa shape index (κ2) is 4.98. The number of aryl methyl sites for hydroxylation is 1. The van der Waals surface area contributed by atoms with Crippen LogP contribution in [0.3, 0.4) is 0 Å². The van der Waals surface area contributed by atoms with Gasteiger partial charge < -0.3 is 10.8 Å². The van der Waals surface area contributed by atoms with Crippen LogP contribution >= 0.6 is 0 Å². The van der Waals surface area contributed by atoms with E-state index in [9.17, 15) is 5.11 Å². The quantitative estimate of drug-likeness (QED) is 0.821. The third-order valence-electron chi connectivity index (χ3n) is 2.94. The summed E-state index contributed by atoms with van der Waals surface area (Å²) in [5.74, 6) is 0. The standard InChI is InChI=1S/C14H23NO/c1-10-7-12(14(2,3)4)6-5-11(10)8-13(16)9-15/h5-7,13,16H,8-9,15H2,1-4H3. The van der Waals surface area contributed by atoms with Crippen LogP contribution < -0.4 is 5.73 Å². The molecule has 0 amide bonds. The van der Waals surface area contributed by atoms with Gasteiger partial charge in [0.2, 0.25) is 0 Å². The minimum atomic E-state index is -0.431. The Hall–Kier alpha value is -0.860. The maximum atomic E-state index is 9.54. The van der Waals surface area contributed by atoms with Gasteiger partial charge in [-0.3, -0.25) is 0 Å². The van der Waals surface area contributed by atoms with Gasteiger partial charge in [-0.1, -0.05) is 39.0 Å². The smallest absolute Gasteiger partial charge is 0.0702 e. The lowest BCUT2D eigenvalue weighted by atomic mass is 9.85. The van der Waals surface area contributed by atoms with Crippen molar-refractivity contribution in [2.24, 2.45) is 5.73 Å². The van der Waals surface area contributed by atoms with E-state index in [1.165, 1.54) is 16.7 Å². The molecule has 0 saturated carbocycles. The molecular weight excluding hydrogens is 198 g/mol. The average molecular weight is 221 g/mol. The molecule has 0 aliphatic rings. The zero-order chi connectivity index (χ0) is 12.3. The molecule has 0 heterocycles. The molecule has 0 aromatic heterocycles. The van der Waals surface area contributed by atoms with Gasteiger partial charge in [0, 0.05) is 6.54 Å². The van der Waals surface area contributed by atoms with Crippen molar-refractivity contribution in [1.29, 1.82) is 0 Å². The molecule has 0 aliphatic carbocycles. The van der Waals surface area contributed by atoms with Crippen molar-refractivity contribution >= 4 is 0 Å². The summed E-state index contributed by atoms with van der Waals surface area (Å²) in [5, 5.41) is 9.54. The van der Waals surface area contributed by atoms with Gasteiger partial charge in [-0.15, -0.1) is 0 Å². The van der Waals surface area contributed by atoms with Gasteiger partial charge >= 0.3 is 0 Å². The van der Waals surface area contributed by atoms with Crippen LogP contribution in [0.2, 0.25) is 0 Å². The van der Waals surface area contributed by atoms with E-state index < -0.39 is 6.10 Å². The Morgan fingerprint density at radius 1 is 1.31 bits per heavy atom. The number of rotatable bonds is 3. The molecule has 0 fully saturated rings. The number of benzene rings is 1. The van der Waals surface area contributed by atoms with Gasteiger partial charge in [-0.05, 0) is 35.4 Å². The van der Waals surface area contributed by atoms with Crippen LogP contribution in [-0.2, 0) is 11.8 Å². The van der Waals surface area contributed by atoms with Crippen molar-refractivity contribution in [2.45, 2.75) is 45.6 Å². The van der Waals surface area contributed by atoms with Crippen LogP contribution in [-0.4, -0.2) is 17.8 Å². The minimum Gasteiger partial charge on any atom is -0.391 e. The SMILES string of the molecule is Cc1cc(C(C)(C)C)ccc1CC(O)CN. The van der Waals surface area contributed by atoms with Gasteiger partial charge in [0.15, 0.2) is 0 Å². The van der Waals surface area contributed by atoms with E-state index in [0.29, 0.717) is 13.0 Å². The van der Waals surface area contributed by atoms with E-state index in [1.54, 1.807) is 0 Å². The van der Waals surface area contributed by atoms with Crippen molar-refractivity contribution in [2.75, 3.05) is 6.54 Å². The lowest BCUT2D eigenvalue weighted by Gasteiger charge is -2.21. The van der Waals surface area contributed by atoms with E-state index in [2.05, 4.69) is 45.9 Å². The molecule has 2 heteroatoms. The highest BCUT2D eigenvalue weighted by molar-refractivity contribution is 5.34. The first-order valence-electron chi connectivity index (χ1n) is 5.82. The lowest BCUT2D eigenvalue weighted by molar-refractivity contribution is 0.183. The molecule has 1 aromatic rings. The zero-order valence-electron chi connectivity index (χ0n) is 10.7. The Bertz CT molecular complexity index is 352. The predicted octanol–water partition coefficient (Wildman–Crippen LogP) is 2.15. The molecule has 1 atom stereocenters. The lowest BCUT2D eigenvalue weighted by Crippen LogP contribution is -2.22. The van der Waals surface area contributed by atoms with Crippen LogP contribution in [0.5, 0.6) is 0 Å². The fourth-order valence-corrected chi connectivity index (χ4v) is 1.73. The fourth-order valence-electron chi connectivity index (χ4n) is 1.73. The van der Waals surface area contributed by atoms with Crippen molar-refractivity contribution in [3.63, 3.8) is 0 Å². The first-order chi connectivity index (χ1) is 7.34. The number of hydrogen-bond acceptors (Lipinski definition) is 2. The van der Waals surface area contributed by atoms with Gasteiger partial charge in [0.1, 0.15) is 0 Å². The highest BCUT2D eigenvalue weighted by Crippen LogP contribution is 2.24. The number of nitrogens with two attached hydrogens (primary N) is 1. The molecule has 1 unspecified atom stereocenters. The van der Waals surface area contributed by atoms with Gasteiger partial charge in [0.25, 0.3) is 0 Å². The Morgan fingerprint density at radius 3 is 2.38 bits per heavy atom.